The van der Waals surface area contributed by atoms with E-state index >= 15 is 0 Å². The number of nitro groups is 1. The Balaban J connectivity index is 2.40. The fraction of sp³-hybridized carbons (Fsp3) is 0.143. The third kappa shape index (κ3) is 2.93. The quantitative estimate of drug-likeness (QED) is 0.645. The van der Waals surface area contributed by atoms with Crippen molar-refractivity contribution in [3.63, 3.8) is 0 Å². The van der Waals surface area contributed by atoms with Crippen LogP contribution < -0.4 is 4.74 Å². The third-order valence-corrected chi connectivity index (χ3v) is 2.77. The van der Waals surface area contributed by atoms with Crippen molar-refractivity contribution >= 4 is 5.69 Å². The number of nitrogens with zero attached hydrogens (tertiary/aromatic N) is 1. The van der Waals surface area contributed by atoms with E-state index in [1.54, 1.807) is 30.3 Å². The predicted octanol–water partition coefficient (Wildman–Crippen LogP) is 2.37. The summed E-state index contributed by atoms with van der Waals surface area (Å²) in [7, 11) is 0. The first-order valence-electron chi connectivity index (χ1n) is 5.90. The number of para-hydroxylation sites is 1. The second kappa shape index (κ2) is 6.14. The van der Waals surface area contributed by atoms with Crippen LogP contribution in [-0.2, 0) is 13.2 Å². The first-order chi connectivity index (χ1) is 9.65. The molecule has 0 spiro atoms. The fourth-order valence-electron chi connectivity index (χ4n) is 1.74. The highest BCUT2D eigenvalue weighted by molar-refractivity contribution is 5.51. The average molecular weight is 275 g/mol. The van der Waals surface area contributed by atoms with Crippen LogP contribution in [0.2, 0.25) is 0 Å². The van der Waals surface area contributed by atoms with Gasteiger partial charge in [-0.25, -0.2) is 0 Å². The Morgan fingerprint density at radius 2 is 1.80 bits per heavy atom. The normalized spacial score (nSPS) is 10.3. The van der Waals surface area contributed by atoms with Crippen LogP contribution >= 0.6 is 0 Å². The van der Waals surface area contributed by atoms with E-state index in [2.05, 4.69) is 0 Å². The summed E-state index contributed by atoms with van der Waals surface area (Å²) < 4.78 is 5.51. The Kier molecular flexibility index (Phi) is 4.29. The summed E-state index contributed by atoms with van der Waals surface area (Å²) in [6.07, 6.45) is 0. The van der Waals surface area contributed by atoms with Crippen molar-refractivity contribution in [1.29, 1.82) is 0 Å². The van der Waals surface area contributed by atoms with Gasteiger partial charge in [-0.1, -0.05) is 24.3 Å². The molecule has 0 fully saturated rings. The highest BCUT2D eigenvalue weighted by atomic mass is 16.6. The van der Waals surface area contributed by atoms with Crippen LogP contribution in [0.1, 0.15) is 11.1 Å². The lowest BCUT2D eigenvalue weighted by molar-refractivity contribution is -0.385. The average Bonchev–Trinajstić information content (AvgIpc) is 2.48. The topological polar surface area (TPSA) is 92.8 Å². The number of aliphatic hydroxyl groups is 2. The van der Waals surface area contributed by atoms with Crippen molar-refractivity contribution in [3.8, 4) is 11.5 Å². The minimum absolute atomic E-state index is 0.0631. The van der Waals surface area contributed by atoms with E-state index in [4.69, 9.17) is 9.84 Å². The zero-order chi connectivity index (χ0) is 14.5. The summed E-state index contributed by atoms with van der Waals surface area (Å²) in [5.74, 6) is 0.419. The highest BCUT2D eigenvalue weighted by Gasteiger charge is 2.17. The zero-order valence-electron chi connectivity index (χ0n) is 10.5. The van der Waals surface area contributed by atoms with Gasteiger partial charge in [0.1, 0.15) is 5.75 Å². The Morgan fingerprint density at radius 1 is 1.05 bits per heavy atom. The molecule has 104 valence electrons. The van der Waals surface area contributed by atoms with Gasteiger partial charge in [-0.05, 0) is 17.7 Å². The van der Waals surface area contributed by atoms with Crippen molar-refractivity contribution in [1.82, 2.24) is 0 Å². The maximum atomic E-state index is 11.0. The van der Waals surface area contributed by atoms with Gasteiger partial charge in [0.25, 0.3) is 0 Å². The molecule has 2 aromatic rings. The van der Waals surface area contributed by atoms with Gasteiger partial charge in [0.15, 0.2) is 0 Å². The fourth-order valence-corrected chi connectivity index (χ4v) is 1.74. The standard InChI is InChI=1S/C14H13NO5/c16-8-10-5-6-14(12(7-10)15(18)19)20-13-4-2-1-3-11(13)9-17/h1-7,16-17H,8-9H2. The maximum Gasteiger partial charge on any atom is 0.311 e. The number of ether oxygens (including phenoxy) is 1. The van der Waals surface area contributed by atoms with Gasteiger partial charge in [0.05, 0.1) is 18.1 Å². The molecule has 0 aromatic heterocycles. The van der Waals surface area contributed by atoms with Crippen LogP contribution in [0, 0.1) is 10.1 Å². The van der Waals surface area contributed by atoms with Gasteiger partial charge in [0, 0.05) is 11.6 Å². The lowest BCUT2D eigenvalue weighted by atomic mass is 10.2. The molecule has 20 heavy (non-hydrogen) atoms. The molecule has 0 radical (unpaired) electrons. The number of hydrogen-bond acceptors (Lipinski definition) is 5. The second-order valence-electron chi connectivity index (χ2n) is 4.09. The maximum absolute atomic E-state index is 11.0. The van der Waals surface area contributed by atoms with E-state index in [1.807, 2.05) is 0 Å². The van der Waals surface area contributed by atoms with Crippen LogP contribution in [0.15, 0.2) is 42.5 Å². The van der Waals surface area contributed by atoms with Gasteiger partial charge >= 0.3 is 5.69 Å². The van der Waals surface area contributed by atoms with Crippen molar-refractivity contribution in [2.24, 2.45) is 0 Å². The molecule has 0 aliphatic rings. The van der Waals surface area contributed by atoms with Crippen molar-refractivity contribution < 1.29 is 19.9 Å². The summed E-state index contributed by atoms with van der Waals surface area (Å²) >= 11 is 0. The molecule has 0 aliphatic heterocycles. The first-order valence-corrected chi connectivity index (χ1v) is 5.90. The number of rotatable bonds is 5. The molecule has 6 nitrogen and oxygen atoms in total. The largest absolute Gasteiger partial charge is 0.450 e. The van der Waals surface area contributed by atoms with Crippen LogP contribution in [0.25, 0.3) is 0 Å². The van der Waals surface area contributed by atoms with Crippen molar-refractivity contribution in [3.05, 3.63) is 63.7 Å². The molecular weight excluding hydrogens is 262 g/mol. The first kappa shape index (κ1) is 14.0. The Hall–Kier alpha value is -2.44. The molecule has 6 heteroatoms. The highest BCUT2D eigenvalue weighted by Crippen LogP contribution is 2.33. The lowest BCUT2D eigenvalue weighted by Gasteiger charge is -2.10. The smallest absolute Gasteiger partial charge is 0.311 e. The van der Waals surface area contributed by atoms with Crippen molar-refractivity contribution in [2.75, 3.05) is 0 Å². The number of hydrogen-bond donors (Lipinski definition) is 2. The van der Waals surface area contributed by atoms with Gasteiger partial charge in [0.2, 0.25) is 5.75 Å². The SMILES string of the molecule is O=[N+]([O-])c1cc(CO)ccc1Oc1ccccc1CO. The number of aliphatic hydroxyl groups excluding tert-OH is 2. The van der Waals surface area contributed by atoms with E-state index in [0.717, 1.165) is 0 Å². The van der Waals surface area contributed by atoms with Crippen molar-refractivity contribution in [2.45, 2.75) is 13.2 Å². The summed E-state index contributed by atoms with van der Waals surface area (Å²) in [5.41, 5.74) is 0.733. The molecule has 0 amide bonds. The number of benzene rings is 2. The molecule has 2 aromatic carbocycles. The molecule has 0 saturated heterocycles. The Morgan fingerprint density at radius 3 is 2.45 bits per heavy atom. The summed E-state index contributed by atoms with van der Waals surface area (Å²) in [5, 5.41) is 29.2. The van der Waals surface area contributed by atoms with E-state index in [9.17, 15) is 15.2 Å². The third-order valence-electron chi connectivity index (χ3n) is 2.77. The van der Waals surface area contributed by atoms with E-state index in [-0.39, 0.29) is 24.7 Å². The van der Waals surface area contributed by atoms with E-state index < -0.39 is 4.92 Å². The molecule has 0 heterocycles. The van der Waals surface area contributed by atoms with E-state index in [1.165, 1.54) is 12.1 Å². The molecule has 0 unspecified atom stereocenters. The Bertz CT molecular complexity index is 627. The van der Waals surface area contributed by atoms with Crippen LogP contribution in [0.4, 0.5) is 5.69 Å². The minimum Gasteiger partial charge on any atom is -0.450 e. The lowest BCUT2D eigenvalue weighted by Crippen LogP contribution is -1.97. The molecule has 2 rings (SSSR count). The predicted molar refractivity (Wildman–Crippen MR) is 71.5 cm³/mol. The Labute approximate surface area is 115 Å². The number of nitro benzene ring substituents is 1. The van der Waals surface area contributed by atoms with Gasteiger partial charge in [-0.15, -0.1) is 0 Å². The van der Waals surface area contributed by atoms with Crippen LogP contribution in [0.3, 0.4) is 0 Å². The second-order valence-corrected chi connectivity index (χ2v) is 4.09. The molecule has 0 bridgehead atoms. The minimum atomic E-state index is -0.573. The molecule has 0 aliphatic carbocycles. The summed E-state index contributed by atoms with van der Waals surface area (Å²) in [4.78, 5) is 10.5. The zero-order valence-corrected chi connectivity index (χ0v) is 10.5. The summed E-state index contributed by atoms with van der Waals surface area (Å²) in [6, 6.07) is 11.0. The van der Waals surface area contributed by atoms with Gasteiger partial charge < -0.3 is 14.9 Å². The molecule has 0 saturated carbocycles. The van der Waals surface area contributed by atoms with E-state index in [0.29, 0.717) is 16.9 Å². The molecule has 0 atom stereocenters. The molecule has 2 N–H and O–H groups in total. The van der Waals surface area contributed by atoms with Crippen LogP contribution in [-0.4, -0.2) is 15.1 Å². The van der Waals surface area contributed by atoms with Gasteiger partial charge in [-0.3, -0.25) is 10.1 Å². The summed E-state index contributed by atoms with van der Waals surface area (Å²) in [6.45, 7) is -0.507. The van der Waals surface area contributed by atoms with Crippen LogP contribution in [0.5, 0.6) is 11.5 Å². The molecular formula is C14H13NO5. The van der Waals surface area contributed by atoms with Gasteiger partial charge in [-0.2, -0.15) is 0 Å². The monoisotopic (exact) mass is 275 g/mol.